The van der Waals surface area contributed by atoms with Crippen LogP contribution in [0.25, 0.3) is 0 Å². The summed E-state index contributed by atoms with van der Waals surface area (Å²) in [5.41, 5.74) is 1.52. The fourth-order valence-electron chi connectivity index (χ4n) is 3.90. The number of likely N-dealkylation sites (tertiary alicyclic amines) is 1. The van der Waals surface area contributed by atoms with E-state index in [4.69, 9.17) is 0 Å². The Morgan fingerprint density at radius 2 is 1.81 bits per heavy atom. The molecule has 1 aromatic rings. The second-order valence-electron chi connectivity index (χ2n) is 6.98. The van der Waals surface area contributed by atoms with E-state index in [0.717, 1.165) is 11.8 Å². The molecule has 1 N–H and O–H groups in total. The van der Waals surface area contributed by atoms with Crippen molar-refractivity contribution in [1.82, 2.24) is 10.2 Å². The summed E-state index contributed by atoms with van der Waals surface area (Å²) < 4.78 is 0. The standard InChI is InChI=1S/C19H30N2/c1-2-5-17(6-3-1)15-18-8-12-21(13-9-18)14-10-19-7-4-11-20-16-19/h1-3,5-6,18-20H,4,7-16H2. The first-order valence-electron chi connectivity index (χ1n) is 8.87. The van der Waals surface area contributed by atoms with Crippen LogP contribution in [-0.2, 0) is 6.42 Å². The minimum atomic E-state index is 0.903. The molecule has 2 nitrogen and oxygen atoms in total. The first-order chi connectivity index (χ1) is 10.4. The van der Waals surface area contributed by atoms with Gasteiger partial charge in [-0.05, 0) is 88.6 Å². The molecule has 21 heavy (non-hydrogen) atoms. The lowest BCUT2D eigenvalue weighted by Crippen LogP contribution is -2.37. The summed E-state index contributed by atoms with van der Waals surface area (Å²) in [5, 5.41) is 3.54. The van der Waals surface area contributed by atoms with E-state index in [1.165, 1.54) is 76.8 Å². The molecule has 3 rings (SSSR count). The van der Waals surface area contributed by atoms with Crippen molar-refractivity contribution in [3.63, 3.8) is 0 Å². The number of hydrogen-bond donors (Lipinski definition) is 1. The highest BCUT2D eigenvalue weighted by Gasteiger charge is 2.20. The molecular weight excluding hydrogens is 256 g/mol. The third-order valence-electron chi connectivity index (χ3n) is 5.33. The maximum atomic E-state index is 3.54. The van der Waals surface area contributed by atoms with Crippen LogP contribution in [0, 0.1) is 11.8 Å². The van der Waals surface area contributed by atoms with Gasteiger partial charge in [0.2, 0.25) is 0 Å². The first kappa shape index (κ1) is 15.1. The van der Waals surface area contributed by atoms with Crippen LogP contribution in [0.4, 0.5) is 0 Å². The normalized spacial score (nSPS) is 25.0. The van der Waals surface area contributed by atoms with Crippen molar-refractivity contribution in [3.05, 3.63) is 35.9 Å². The van der Waals surface area contributed by atoms with E-state index in [9.17, 15) is 0 Å². The molecule has 0 radical (unpaired) electrons. The Labute approximate surface area is 129 Å². The molecule has 1 aromatic carbocycles. The van der Waals surface area contributed by atoms with Crippen molar-refractivity contribution in [1.29, 1.82) is 0 Å². The van der Waals surface area contributed by atoms with Gasteiger partial charge in [-0.1, -0.05) is 30.3 Å². The number of nitrogens with zero attached hydrogens (tertiary/aromatic N) is 1. The average Bonchev–Trinajstić information content (AvgIpc) is 2.56. The van der Waals surface area contributed by atoms with Gasteiger partial charge in [0.25, 0.3) is 0 Å². The summed E-state index contributed by atoms with van der Waals surface area (Å²) in [6.45, 7) is 6.45. The van der Waals surface area contributed by atoms with Gasteiger partial charge in [-0.25, -0.2) is 0 Å². The van der Waals surface area contributed by atoms with Crippen LogP contribution in [0.15, 0.2) is 30.3 Å². The Hall–Kier alpha value is -0.860. The van der Waals surface area contributed by atoms with E-state index in [-0.39, 0.29) is 0 Å². The maximum absolute atomic E-state index is 3.54. The third-order valence-corrected chi connectivity index (χ3v) is 5.33. The molecule has 2 aliphatic heterocycles. The third kappa shape index (κ3) is 4.82. The Bertz CT molecular complexity index is 389. The lowest BCUT2D eigenvalue weighted by molar-refractivity contribution is 0.169. The zero-order valence-electron chi connectivity index (χ0n) is 13.3. The summed E-state index contributed by atoms with van der Waals surface area (Å²) >= 11 is 0. The van der Waals surface area contributed by atoms with Crippen molar-refractivity contribution < 1.29 is 0 Å². The van der Waals surface area contributed by atoms with Gasteiger partial charge in [0.1, 0.15) is 0 Å². The minimum Gasteiger partial charge on any atom is -0.316 e. The Kier molecular flexibility index (Phi) is 5.70. The molecule has 0 spiro atoms. The predicted octanol–water partition coefficient (Wildman–Crippen LogP) is 3.33. The van der Waals surface area contributed by atoms with Crippen LogP contribution < -0.4 is 5.32 Å². The zero-order valence-corrected chi connectivity index (χ0v) is 13.3. The van der Waals surface area contributed by atoms with Gasteiger partial charge < -0.3 is 10.2 Å². The molecule has 2 aliphatic rings. The number of benzene rings is 1. The van der Waals surface area contributed by atoms with Gasteiger partial charge in [0.05, 0.1) is 0 Å². The summed E-state index contributed by atoms with van der Waals surface area (Å²) in [7, 11) is 0. The van der Waals surface area contributed by atoms with Gasteiger partial charge in [0.15, 0.2) is 0 Å². The number of piperidine rings is 2. The number of rotatable bonds is 5. The van der Waals surface area contributed by atoms with Crippen LogP contribution >= 0.6 is 0 Å². The molecule has 1 atom stereocenters. The summed E-state index contributed by atoms with van der Waals surface area (Å²) in [6.07, 6.45) is 8.27. The first-order valence-corrected chi connectivity index (χ1v) is 8.87. The van der Waals surface area contributed by atoms with Gasteiger partial charge >= 0.3 is 0 Å². The molecule has 116 valence electrons. The van der Waals surface area contributed by atoms with E-state index >= 15 is 0 Å². The summed E-state index contributed by atoms with van der Waals surface area (Å²) in [6, 6.07) is 11.0. The van der Waals surface area contributed by atoms with Crippen LogP contribution in [0.2, 0.25) is 0 Å². The minimum absolute atomic E-state index is 0.903. The molecule has 2 heterocycles. The number of hydrogen-bond acceptors (Lipinski definition) is 2. The molecular formula is C19H30N2. The van der Waals surface area contributed by atoms with Crippen molar-refractivity contribution in [2.24, 2.45) is 11.8 Å². The Morgan fingerprint density at radius 1 is 1.00 bits per heavy atom. The van der Waals surface area contributed by atoms with Gasteiger partial charge in [-0.2, -0.15) is 0 Å². The van der Waals surface area contributed by atoms with Crippen molar-refractivity contribution in [2.75, 3.05) is 32.7 Å². The Balaban J connectivity index is 1.35. The molecule has 2 heteroatoms. The van der Waals surface area contributed by atoms with E-state index in [1.54, 1.807) is 0 Å². The predicted molar refractivity (Wildman–Crippen MR) is 89.5 cm³/mol. The van der Waals surface area contributed by atoms with Crippen molar-refractivity contribution in [2.45, 2.75) is 38.5 Å². The van der Waals surface area contributed by atoms with E-state index in [1.807, 2.05) is 0 Å². The monoisotopic (exact) mass is 286 g/mol. The molecule has 0 aliphatic carbocycles. The second kappa shape index (κ2) is 7.95. The van der Waals surface area contributed by atoms with E-state index < -0.39 is 0 Å². The van der Waals surface area contributed by atoms with E-state index in [2.05, 4.69) is 40.5 Å². The largest absolute Gasteiger partial charge is 0.316 e. The highest BCUT2D eigenvalue weighted by Crippen LogP contribution is 2.23. The molecule has 0 bridgehead atoms. The topological polar surface area (TPSA) is 15.3 Å². The molecule has 0 saturated carbocycles. The molecule has 0 aromatic heterocycles. The van der Waals surface area contributed by atoms with Crippen LogP contribution in [0.3, 0.4) is 0 Å². The van der Waals surface area contributed by atoms with Crippen LogP contribution in [0.5, 0.6) is 0 Å². The fraction of sp³-hybridized carbons (Fsp3) is 0.684. The maximum Gasteiger partial charge on any atom is -0.00156 e. The number of nitrogens with one attached hydrogen (secondary N) is 1. The molecule has 2 fully saturated rings. The average molecular weight is 286 g/mol. The highest BCUT2D eigenvalue weighted by atomic mass is 15.1. The fourth-order valence-corrected chi connectivity index (χ4v) is 3.90. The molecule has 0 amide bonds. The van der Waals surface area contributed by atoms with E-state index in [0.29, 0.717) is 0 Å². The van der Waals surface area contributed by atoms with Crippen LogP contribution in [-0.4, -0.2) is 37.6 Å². The second-order valence-corrected chi connectivity index (χ2v) is 6.98. The quantitative estimate of drug-likeness (QED) is 0.893. The Morgan fingerprint density at radius 3 is 2.52 bits per heavy atom. The smallest absolute Gasteiger partial charge is 0.00156 e. The lowest BCUT2D eigenvalue weighted by atomic mass is 9.89. The van der Waals surface area contributed by atoms with Gasteiger partial charge in [-0.3, -0.25) is 0 Å². The highest BCUT2D eigenvalue weighted by molar-refractivity contribution is 5.15. The lowest BCUT2D eigenvalue weighted by Gasteiger charge is -2.33. The summed E-state index contributed by atoms with van der Waals surface area (Å²) in [4.78, 5) is 2.70. The zero-order chi connectivity index (χ0) is 14.3. The molecule has 2 saturated heterocycles. The molecule has 1 unspecified atom stereocenters. The van der Waals surface area contributed by atoms with Crippen molar-refractivity contribution >= 4 is 0 Å². The SMILES string of the molecule is c1ccc(CC2CCN(CCC3CCCNC3)CC2)cc1. The van der Waals surface area contributed by atoms with Gasteiger partial charge in [0, 0.05) is 0 Å². The van der Waals surface area contributed by atoms with Gasteiger partial charge in [-0.15, -0.1) is 0 Å². The summed E-state index contributed by atoms with van der Waals surface area (Å²) in [5.74, 6) is 1.83. The van der Waals surface area contributed by atoms with Crippen LogP contribution in [0.1, 0.15) is 37.7 Å². The van der Waals surface area contributed by atoms with Crippen molar-refractivity contribution in [3.8, 4) is 0 Å².